The number of nitrogens with zero attached hydrogens (tertiary/aromatic N) is 3. The van der Waals surface area contributed by atoms with Crippen LogP contribution in [0.15, 0.2) is 85.1 Å². The van der Waals surface area contributed by atoms with Crippen LogP contribution in [0.1, 0.15) is 45.5 Å². The summed E-state index contributed by atoms with van der Waals surface area (Å²) in [6, 6.07) is 19.2. The number of carbonyl (C=O) groups is 2. The fourth-order valence-electron chi connectivity index (χ4n) is 5.04. The van der Waals surface area contributed by atoms with Crippen LogP contribution in [0, 0.1) is 0 Å². The second-order valence-electron chi connectivity index (χ2n) is 9.12. The zero-order chi connectivity index (χ0) is 27.7. The molecule has 2 amide bonds. The number of aromatic nitrogens is 2. The van der Waals surface area contributed by atoms with E-state index in [0.29, 0.717) is 22.5 Å². The lowest BCUT2D eigenvalue weighted by molar-refractivity contribution is -0.137. The molecule has 0 aliphatic carbocycles. The molecule has 1 aliphatic rings. The van der Waals surface area contributed by atoms with Crippen LogP contribution >= 0.6 is 0 Å². The molecule has 0 saturated carbocycles. The average molecular weight is 535 g/mol. The van der Waals surface area contributed by atoms with Crippen molar-refractivity contribution >= 4 is 17.6 Å². The van der Waals surface area contributed by atoms with Crippen LogP contribution in [0.2, 0.25) is 0 Å². The van der Waals surface area contributed by atoms with Crippen molar-refractivity contribution < 1.29 is 27.9 Å². The first-order chi connectivity index (χ1) is 18.7. The zero-order valence-electron chi connectivity index (χ0n) is 20.9. The van der Waals surface area contributed by atoms with Gasteiger partial charge in [0.05, 0.1) is 24.1 Å². The minimum Gasteiger partial charge on any atom is -0.392 e. The number of hydrogen-bond acceptors (Lipinski definition) is 4. The number of benzene rings is 3. The largest absolute Gasteiger partial charge is 0.416 e. The van der Waals surface area contributed by atoms with E-state index in [0.717, 1.165) is 23.9 Å². The topological polar surface area (TPSA) is 87.5 Å². The minimum absolute atomic E-state index is 0.222. The summed E-state index contributed by atoms with van der Waals surface area (Å²) in [4.78, 5) is 28.8. The lowest BCUT2D eigenvalue weighted by atomic mass is 9.80. The van der Waals surface area contributed by atoms with Gasteiger partial charge < -0.3 is 10.4 Å². The third-order valence-electron chi connectivity index (χ3n) is 6.84. The number of halogens is 3. The molecule has 2 N–H and O–H groups in total. The van der Waals surface area contributed by atoms with Gasteiger partial charge in [0.25, 0.3) is 11.8 Å². The van der Waals surface area contributed by atoms with E-state index in [4.69, 9.17) is 0 Å². The zero-order valence-corrected chi connectivity index (χ0v) is 20.9. The second kappa shape index (κ2) is 10.4. The maximum absolute atomic E-state index is 14.0. The molecule has 0 radical (unpaired) electrons. The first kappa shape index (κ1) is 26.2. The maximum Gasteiger partial charge on any atom is 0.416 e. The van der Waals surface area contributed by atoms with Crippen LogP contribution < -0.4 is 10.2 Å². The molecule has 200 valence electrons. The standard InChI is InChI=1S/C29H25F3N4O3/c1-2-35-27-23(16-33-36(27)21-12-4-3-5-13-21)24(22-14-7-6-9-19(22)17-37)25(28(35)39)34-26(38)18-10-8-11-20(15-18)29(30,31)32/h3-16,24-25,37H,2,17H2,1H3,(H,34,38)/t24?,25-/m0/s1. The number of aliphatic hydroxyl groups is 1. The van der Waals surface area contributed by atoms with E-state index in [1.165, 1.54) is 11.0 Å². The van der Waals surface area contributed by atoms with E-state index in [2.05, 4.69) is 10.4 Å². The summed E-state index contributed by atoms with van der Waals surface area (Å²) >= 11 is 0. The molecule has 5 rings (SSSR count). The molecule has 39 heavy (non-hydrogen) atoms. The molecule has 1 aromatic heterocycles. The van der Waals surface area contributed by atoms with E-state index in [-0.39, 0.29) is 18.7 Å². The van der Waals surface area contributed by atoms with Gasteiger partial charge in [-0.25, -0.2) is 4.68 Å². The lowest BCUT2D eigenvalue weighted by Gasteiger charge is -2.38. The Morgan fingerprint density at radius 1 is 1.00 bits per heavy atom. The number of para-hydroxylation sites is 1. The fourth-order valence-corrected chi connectivity index (χ4v) is 5.04. The third kappa shape index (κ3) is 4.79. The molecule has 0 spiro atoms. The number of amides is 2. The van der Waals surface area contributed by atoms with Crippen molar-refractivity contribution in [2.75, 3.05) is 11.4 Å². The number of alkyl halides is 3. The molecule has 0 bridgehead atoms. The number of hydrogen-bond donors (Lipinski definition) is 2. The van der Waals surface area contributed by atoms with Gasteiger partial charge in [-0.05, 0) is 48.4 Å². The summed E-state index contributed by atoms with van der Waals surface area (Å²) in [6.45, 7) is 1.74. The number of fused-ring (bicyclic) bond motifs is 1. The van der Waals surface area contributed by atoms with E-state index in [1.54, 1.807) is 42.1 Å². The SMILES string of the molecule is CCN1C(=O)[C@@H](NC(=O)c2cccc(C(F)(F)F)c2)C(c2ccccc2CO)c2cnn(-c3ccccc3)c21. The molecule has 0 fully saturated rings. The lowest BCUT2D eigenvalue weighted by Crippen LogP contribution is -2.55. The Bertz CT molecular complexity index is 1520. The van der Waals surface area contributed by atoms with Gasteiger partial charge in [0.15, 0.2) is 0 Å². The Kier molecular flexibility index (Phi) is 6.96. The van der Waals surface area contributed by atoms with Gasteiger partial charge in [-0.3, -0.25) is 14.5 Å². The van der Waals surface area contributed by atoms with Crippen molar-refractivity contribution in [1.82, 2.24) is 15.1 Å². The molecule has 0 saturated heterocycles. The Balaban J connectivity index is 1.64. The molecular weight excluding hydrogens is 509 g/mol. The first-order valence-electron chi connectivity index (χ1n) is 12.4. The number of anilines is 1. The molecular formula is C29H25F3N4O3. The number of aliphatic hydroxyl groups excluding tert-OH is 1. The molecule has 1 aliphatic heterocycles. The highest BCUT2D eigenvalue weighted by Gasteiger charge is 2.45. The fraction of sp³-hybridized carbons (Fsp3) is 0.207. The quantitative estimate of drug-likeness (QED) is 0.376. The number of likely N-dealkylation sites (N-methyl/N-ethyl adjacent to an activating group) is 1. The van der Waals surface area contributed by atoms with Crippen molar-refractivity contribution in [3.63, 3.8) is 0 Å². The summed E-state index contributed by atoms with van der Waals surface area (Å²) in [5, 5.41) is 17.4. The summed E-state index contributed by atoms with van der Waals surface area (Å²) < 4.78 is 41.5. The highest BCUT2D eigenvalue weighted by Crippen LogP contribution is 2.42. The Morgan fingerprint density at radius 3 is 2.41 bits per heavy atom. The number of rotatable bonds is 6. The van der Waals surface area contributed by atoms with E-state index >= 15 is 0 Å². The Hall–Kier alpha value is -4.44. The van der Waals surface area contributed by atoms with Gasteiger partial charge in [0.2, 0.25) is 0 Å². The highest BCUT2D eigenvalue weighted by atomic mass is 19.4. The van der Waals surface area contributed by atoms with Crippen molar-refractivity contribution in [3.05, 3.63) is 113 Å². The number of carbonyl (C=O) groups excluding carboxylic acids is 2. The number of nitrogens with one attached hydrogen (secondary N) is 1. The van der Waals surface area contributed by atoms with Gasteiger partial charge in [-0.2, -0.15) is 18.3 Å². The summed E-state index contributed by atoms with van der Waals surface area (Å²) in [5.41, 5.74) is 1.33. The van der Waals surface area contributed by atoms with Crippen LogP contribution in [0.3, 0.4) is 0 Å². The smallest absolute Gasteiger partial charge is 0.392 e. The Morgan fingerprint density at radius 2 is 1.72 bits per heavy atom. The predicted molar refractivity (Wildman–Crippen MR) is 138 cm³/mol. The molecule has 1 unspecified atom stereocenters. The predicted octanol–water partition coefficient (Wildman–Crippen LogP) is 4.68. The summed E-state index contributed by atoms with van der Waals surface area (Å²) in [7, 11) is 0. The van der Waals surface area contributed by atoms with Gasteiger partial charge in [0.1, 0.15) is 11.9 Å². The summed E-state index contributed by atoms with van der Waals surface area (Å²) in [5.74, 6) is -1.50. The van der Waals surface area contributed by atoms with Crippen LogP contribution in [0.25, 0.3) is 5.69 Å². The maximum atomic E-state index is 14.0. The van der Waals surface area contributed by atoms with Gasteiger partial charge in [-0.15, -0.1) is 0 Å². The molecule has 4 aromatic rings. The van der Waals surface area contributed by atoms with Crippen molar-refractivity contribution in [1.29, 1.82) is 0 Å². The normalized spacial score (nSPS) is 17.2. The molecule has 2 heterocycles. The van der Waals surface area contributed by atoms with Crippen LogP contribution in [-0.4, -0.2) is 39.3 Å². The average Bonchev–Trinajstić information content (AvgIpc) is 3.38. The molecule has 3 aromatic carbocycles. The second-order valence-corrected chi connectivity index (χ2v) is 9.12. The van der Waals surface area contributed by atoms with Crippen molar-refractivity contribution in [2.45, 2.75) is 31.7 Å². The Labute approximate surface area is 222 Å². The molecule has 10 heteroatoms. The van der Waals surface area contributed by atoms with Gasteiger partial charge in [-0.1, -0.05) is 48.5 Å². The van der Waals surface area contributed by atoms with Gasteiger partial charge in [0, 0.05) is 23.6 Å². The van der Waals surface area contributed by atoms with Gasteiger partial charge >= 0.3 is 6.18 Å². The molecule has 2 atom stereocenters. The summed E-state index contributed by atoms with van der Waals surface area (Å²) in [6.07, 6.45) is -3.00. The van der Waals surface area contributed by atoms with Crippen molar-refractivity contribution in [3.8, 4) is 5.69 Å². The highest BCUT2D eigenvalue weighted by molar-refractivity contribution is 6.05. The minimum atomic E-state index is -4.63. The molecule has 7 nitrogen and oxygen atoms in total. The van der Waals surface area contributed by atoms with Crippen LogP contribution in [0.5, 0.6) is 0 Å². The van der Waals surface area contributed by atoms with Crippen molar-refractivity contribution in [2.24, 2.45) is 0 Å². The monoisotopic (exact) mass is 534 g/mol. The van der Waals surface area contributed by atoms with E-state index in [9.17, 15) is 27.9 Å². The van der Waals surface area contributed by atoms with Crippen LogP contribution in [0.4, 0.5) is 19.0 Å². The van der Waals surface area contributed by atoms with E-state index < -0.39 is 35.5 Å². The first-order valence-corrected chi connectivity index (χ1v) is 12.4. The van der Waals surface area contributed by atoms with Crippen LogP contribution in [-0.2, 0) is 17.6 Å². The van der Waals surface area contributed by atoms with E-state index in [1.807, 2.05) is 30.3 Å². The third-order valence-corrected chi connectivity index (χ3v) is 6.84.